The molecule has 0 unspecified atom stereocenters. The average molecular weight is 609 g/mol. The molecule has 2 aromatic rings. The van der Waals surface area contributed by atoms with E-state index in [9.17, 15) is 9.59 Å². The Morgan fingerprint density at radius 2 is 1.55 bits per heavy atom. The summed E-state index contributed by atoms with van der Waals surface area (Å²) in [5.41, 5.74) is 1.79. The van der Waals surface area contributed by atoms with Crippen LogP contribution in [-0.4, -0.2) is 23.0 Å². The number of allylic oxidation sites excluding steroid dienone is 2. The van der Waals surface area contributed by atoms with Crippen molar-refractivity contribution >= 4 is 65.8 Å². The zero-order valence-corrected chi connectivity index (χ0v) is 20.9. The van der Waals surface area contributed by atoms with E-state index >= 15 is 0 Å². The van der Waals surface area contributed by atoms with E-state index in [1.165, 1.54) is 0 Å². The maximum atomic E-state index is 12.8. The fourth-order valence-electron chi connectivity index (χ4n) is 4.65. The van der Waals surface area contributed by atoms with Gasteiger partial charge in [0, 0.05) is 4.47 Å². The molecule has 4 atom stereocenters. The third-order valence-electron chi connectivity index (χ3n) is 6.09. The van der Waals surface area contributed by atoms with Crippen LogP contribution in [0.2, 0.25) is 0 Å². The standard InChI is InChI=1S/C23H17Br3N2O3/c24-16-5-1-12(2-6-16)11-31-21-17(25)7-13(8-18(21)26)10-27-28-22(29)19-14-3-4-15(9-14)20(19)23(28)30/h1-8,10,14-15,19-20H,9,11H2/b27-10-/t14-,15-,19-,20-/m0/s1. The topological polar surface area (TPSA) is 59.0 Å². The molecule has 158 valence electrons. The van der Waals surface area contributed by atoms with Crippen LogP contribution >= 0.6 is 47.8 Å². The van der Waals surface area contributed by atoms with Crippen LogP contribution in [0.5, 0.6) is 5.75 Å². The van der Waals surface area contributed by atoms with Crippen LogP contribution in [0.4, 0.5) is 0 Å². The molecule has 0 radical (unpaired) electrons. The van der Waals surface area contributed by atoms with Gasteiger partial charge in [-0.25, -0.2) is 0 Å². The summed E-state index contributed by atoms with van der Waals surface area (Å²) in [6, 6.07) is 11.6. The minimum Gasteiger partial charge on any atom is -0.487 e. The van der Waals surface area contributed by atoms with E-state index in [4.69, 9.17) is 4.74 Å². The average Bonchev–Trinajstić information content (AvgIpc) is 3.42. The SMILES string of the molecule is O=C1[C@@H]2[C@@H](C(=O)N1/N=C\c1cc(Br)c(OCc3ccc(Br)cc3)c(Br)c1)[C@H]1C=C[C@H]2C1. The highest BCUT2D eigenvalue weighted by Gasteiger charge is 2.59. The summed E-state index contributed by atoms with van der Waals surface area (Å²) in [5.74, 6) is 0.172. The summed E-state index contributed by atoms with van der Waals surface area (Å²) in [6.45, 7) is 0.424. The molecule has 2 bridgehead atoms. The van der Waals surface area contributed by atoms with Crippen molar-refractivity contribution in [1.29, 1.82) is 0 Å². The van der Waals surface area contributed by atoms with E-state index in [0.717, 1.165) is 36.0 Å². The van der Waals surface area contributed by atoms with Gasteiger partial charge in [-0.3, -0.25) is 9.59 Å². The fraction of sp³-hybridized carbons (Fsp3) is 0.261. The van der Waals surface area contributed by atoms with Gasteiger partial charge in [-0.2, -0.15) is 10.1 Å². The van der Waals surface area contributed by atoms with E-state index in [1.54, 1.807) is 6.21 Å². The van der Waals surface area contributed by atoms with Crippen molar-refractivity contribution in [3.8, 4) is 5.75 Å². The molecular weight excluding hydrogens is 592 g/mol. The van der Waals surface area contributed by atoms with Gasteiger partial charge >= 0.3 is 0 Å². The van der Waals surface area contributed by atoms with E-state index in [0.29, 0.717) is 12.4 Å². The predicted molar refractivity (Wildman–Crippen MR) is 127 cm³/mol. The molecule has 5 nitrogen and oxygen atoms in total. The summed E-state index contributed by atoms with van der Waals surface area (Å²) in [4.78, 5) is 25.5. The van der Waals surface area contributed by atoms with E-state index in [2.05, 4.69) is 65.0 Å². The Hall–Kier alpha value is -1.77. The lowest BCUT2D eigenvalue weighted by atomic mass is 9.85. The van der Waals surface area contributed by atoms with E-state index in [1.807, 2.05) is 36.4 Å². The Kier molecular flexibility index (Phi) is 5.65. The number of amides is 2. The minimum atomic E-state index is -0.243. The predicted octanol–water partition coefficient (Wildman–Crippen LogP) is 5.69. The number of benzene rings is 2. The second-order valence-corrected chi connectivity index (χ2v) is 10.6. The molecule has 0 spiro atoms. The van der Waals surface area contributed by atoms with Crippen LogP contribution in [0.25, 0.3) is 0 Å². The van der Waals surface area contributed by atoms with Gasteiger partial charge in [0.1, 0.15) is 12.4 Å². The van der Waals surface area contributed by atoms with E-state index in [-0.39, 0.29) is 35.5 Å². The molecule has 1 aliphatic heterocycles. The summed E-state index contributed by atoms with van der Waals surface area (Å²) in [6.07, 6.45) is 6.60. The van der Waals surface area contributed by atoms with Crippen LogP contribution in [-0.2, 0) is 16.2 Å². The number of hydrogen-bond donors (Lipinski definition) is 0. The van der Waals surface area contributed by atoms with Crippen LogP contribution in [0, 0.1) is 23.7 Å². The number of imide groups is 1. The Morgan fingerprint density at radius 1 is 0.968 bits per heavy atom. The Balaban J connectivity index is 1.30. The lowest BCUT2D eigenvalue weighted by Crippen LogP contribution is -2.28. The van der Waals surface area contributed by atoms with Gasteiger partial charge in [-0.05, 0) is 85.5 Å². The number of ether oxygens (including phenoxy) is 1. The van der Waals surface area contributed by atoms with Crippen molar-refractivity contribution in [2.45, 2.75) is 13.0 Å². The molecule has 2 aliphatic carbocycles. The Labute approximate surface area is 204 Å². The first-order valence-electron chi connectivity index (χ1n) is 9.89. The Morgan fingerprint density at radius 3 is 2.13 bits per heavy atom. The number of nitrogens with zero attached hydrogens (tertiary/aromatic N) is 2. The minimum absolute atomic E-state index is 0.178. The quantitative estimate of drug-likeness (QED) is 0.249. The zero-order valence-electron chi connectivity index (χ0n) is 16.2. The Bertz CT molecular complexity index is 1080. The largest absolute Gasteiger partial charge is 0.487 e. The summed E-state index contributed by atoms with van der Waals surface area (Å²) in [7, 11) is 0. The number of carbonyl (C=O) groups is 2. The molecule has 5 rings (SSSR count). The lowest BCUT2D eigenvalue weighted by molar-refractivity contribution is -0.140. The highest BCUT2D eigenvalue weighted by atomic mass is 79.9. The lowest BCUT2D eigenvalue weighted by Gasteiger charge is -2.13. The molecule has 2 fully saturated rings. The summed E-state index contributed by atoms with van der Waals surface area (Å²) >= 11 is 10.5. The smallest absolute Gasteiger partial charge is 0.254 e. The van der Waals surface area contributed by atoms with Gasteiger partial charge in [0.15, 0.2) is 0 Å². The number of halogens is 3. The van der Waals surface area contributed by atoms with Gasteiger partial charge in [0.2, 0.25) is 0 Å². The van der Waals surface area contributed by atoms with Gasteiger partial charge < -0.3 is 4.74 Å². The van der Waals surface area contributed by atoms with Crippen LogP contribution in [0.3, 0.4) is 0 Å². The molecular formula is C23H17Br3N2O3. The van der Waals surface area contributed by atoms with Gasteiger partial charge in [-0.1, -0.05) is 40.2 Å². The molecule has 31 heavy (non-hydrogen) atoms. The van der Waals surface area contributed by atoms with Crippen molar-refractivity contribution in [2.75, 3.05) is 0 Å². The molecule has 1 saturated heterocycles. The van der Waals surface area contributed by atoms with Crippen molar-refractivity contribution in [1.82, 2.24) is 5.01 Å². The first-order valence-corrected chi connectivity index (χ1v) is 12.3. The first-order chi connectivity index (χ1) is 14.9. The van der Waals surface area contributed by atoms with Gasteiger partial charge in [0.05, 0.1) is 27.0 Å². The maximum absolute atomic E-state index is 12.8. The molecule has 0 N–H and O–H groups in total. The molecule has 3 aliphatic rings. The van der Waals surface area contributed by atoms with Crippen LogP contribution in [0.1, 0.15) is 17.5 Å². The van der Waals surface area contributed by atoms with Gasteiger partial charge in [-0.15, -0.1) is 0 Å². The summed E-state index contributed by atoms with van der Waals surface area (Å²) in [5, 5.41) is 5.30. The monoisotopic (exact) mass is 606 g/mol. The highest BCUT2D eigenvalue weighted by Crippen LogP contribution is 2.52. The molecule has 8 heteroatoms. The maximum Gasteiger partial charge on any atom is 0.254 e. The molecule has 2 aromatic carbocycles. The molecule has 1 heterocycles. The van der Waals surface area contributed by atoms with Crippen molar-refractivity contribution in [3.63, 3.8) is 0 Å². The van der Waals surface area contributed by atoms with Gasteiger partial charge in [0.25, 0.3) is 11.8 Å². The summed E-state index contributed by atoms with van der Waals surface area (Å²) < 4.78 is 8.48. The third-order valence-corrected chi connectivity index (χ3v) is 7.79. The second-order valence-electron chi connectivity index (χ2n) is 7.96. The molecule has 2 amide bonds. The number of carbonyl (C=O) groups excluding carboxylic acids is 2. The van der Waals surface area contributed by atoms with E-state index < -0.39 is 0 Å². The number of hydrogen-bond acceptors (Lipinski definition) is 4. The first kappa shape index (κ1) is 21.1. The van der Waals surface area contributed by atoms with Crippen LogP contribution < -0.4 is 4.74 Å². The zero-order chi connectivity index (χ0) is 21.7. The van der Waals surface area contributed by atoms with Crippen LogP contribution in [0.15, 0.2) is 67.1 Å². The van der Waals surface area contributed by atoms with Crippen molar-refractivity contribution in [2.24, 2.45) is 28.8 Å². The third kappa shape index (κ3) is 3.83. The number of fused-ring (bicyclic) bond motifs is 5. The van der Waals surface area contributed by atoms with Crippen molar-refractivity contribution in [3.05, 3.63) is 73.1 Å². The molecule has 0 aromatic heterocycles. The number of hydrazone groups is 1. The van der Waals surface area contributed by atoms with Crippen molar-refractivity contribution < 1.29 is 14.3 Å². The highest BCUT2D eigenvalue weighted by molar-refractivity contribution is 9.11. The number of rotatable bonds is 5. The fourth-order valence-corrected chi connectivity index (χ4v) is 6.37. The second kappa shape index (κ2) is 8.30. The molecule has 1 saturated carbocycles. The normalized spacial score (nSPS) is 26.4.